The van der Waals surface area contributed by atoms with Crippen LogP contribution in [0.4, 0.5) is 0 Å². The topological polar surface area (TPSA) is 42.0 Å². The van der Waals surface area contributed by atoms with E-state index in [2.05, 4.69) is 4.90 Å². The molecule has 3 rings (SSSR count). The van der Waals surface area contributed by atoms with Gasteiger partial charge in [-0.2, -0.15) is 0 Å². The second-order valence-corrected chi connectivity index (χ2v) is 5.94. The van der Waals surface area contributed by atoms with Crippen molar-refractivity contribution in [2.45, 2.75) is 19.1 Å². The Kier molecular flexibility index (Phi) is 5.08. The molecule has 1 aromatic carbocycles. The number of benzene rings is 1. The molecule has 2 fully saturated rings. The van der Waals surface area contributed by atoms with Gasteiger partial charge < -0.3 is 14.4 Å². The summed E-state index contributed by atoms with van der Waals surface area (Å²) in [6.45, 7) is 5.63. The molecule has 0 N–H and O–H groups in total. The zero-order valence-electron chi connectivity index (χ0n) is 13.2. The zero-order valence-corrected chi connectivity index (χ0v) is 13.2. The van der Waals surface area contributed by atoms with Crippen molar-refractivity contribution in [3.63, 3.8) is 0 Å². The van der Waals surface area contributed by atoms with Crippen LogP contribution in [0.1, 0.15) is 22.3 Å². The van der Waals surface area contributed by atoms with Crippen molar-refractivity contribution >= 4 is 5.91 Å². The maximum absolute atomic E-state index is 12.8. The minimum atomic E-state index is 0.120. The van der Waals surface area contributed by atoms with Crippen LogP contribution in [-0.2, 0) is 16.1 Å². The lowest BCUT2D eigenvalue weighted by atomic mass is 10.1. The van der Waals surface area contributed by atoms with E-state index < -0.39 is 0 Å². The first-order valence-corrected chi connectivity index (χ1v) is 7.97. The highest BCUT2D eigenvalue weighted by atomic mass is 16.5. The molecule has 2 aliphatic heterocycles. The van der Waals surface area contributed by atoms with Gasteiger partial charge in [0.05, 0.1) is 13.2 Å². The molecule has 1 unspecified atom stereocenters. The molecular weight excluding hydrogens is 280 g/mol. The van der Waals surface area contributed by atoms with Crippen LogP contribution in [0.25, 0.3) is 0 Å². The number of amides is 1. The number of rotatable bonds is 4. The van der Waals surface area contributed by atoms with Crippen LogP contribution >= 0.6 is 0 Å². The minimum absolute atomic E-state index is 0.120. The lowest BCUT2D eigenvalue weighted by Crippen LogP contribution is -2.52. The van der Waals surface area contributed by atoms with E-state index in [-0.39, 0.29) is 5.91 Å². The van der Waals surface area contributed by atoms with Crippen LogP contribution in [0.2, 0.25) is 0 Å². The molecule has 5 nitrogen and oxygen atoms in total. The first-order valence-electron chi connectivity index (χ1n) is 7.97. The Labute approximate surface area is 131 Å². The van der Waals surface area contributed by atoms with Crippen LogP contribution in [0.5, 0.6) is 0 Å². The molecule has 0 aliphatic carbocycles. The van der Waals surface area contributed by atoms with Gasteiger partial charge in [0.15, 0.2) is 0 Å². The summed E-state index contributed by atoms with van der Waals surface area (Å²) in [5.74, 6) is 0.120. The van der Waals surface area contributed by atoms with Crippen LogP contribution in [0.15, 0.2) is 24.3 Å². The normalized spacial score (nSPS) is 23.0. The molecule has 0 aromatic heterocycles. The summed E-state index contributed by atoms with van der Waals surface area (Å²) in [7, 11) is 1.66. The number of hydrogen-bond donors (Lipinski definition) is 0. The number of carbonyl (C=O) groups excluding carboxylic acids is 1. The minimum Gasteiger partial charge on any atom is -0.380 e. The van der Waals surface area contributed by atoms with Gasteiger partial charge in [0.2, 0.25) is 0 Å². The van der Waals surface area contributed by atoms with E-state index in [0.717, 1.165) is 56.9 Å². The fourth-order valence-corrected chi connectivity index (χ4v) is 3.28. The second kappa shape index (κ2) is 7.22. The van der Waals surface area contributed by atoms with E-state index >= 15 is 0 Å². The maximum Gasteiger partial charge on any atom is 0.254 e. The fourth-order valence-electron chi connectivity index (χ4n) is 3.28. The smallest absolute Gasteiger partial charge is 0.254 e. The predicted molar refractivity (Wildman–Crippen MR) is 83.9 cm³/mol. The summed E-state index contributed by atoms with van der Waals surface area (Å²) >= 11 is 0. The second-order valence-electron chi connectivity index (χ2n) is 5.94. The van der Waals surface area contributed by atoms with E-state index in [1.807, 2.05) is 29.2 Å². The first kappa shape index (κ1) is 15.5. The number of piperazine rings is 1. The Bertz CT molecular complexity index is 506. The summed E-state index contributed by atoms with van der Waals surface area (Å²) in [5.41, 5.74) is 1.73. The van der Waals surface area contributed by atoms with Gasteiger partial charge in [-0.05, 0) is 18.1 Å². The van der Waals surface area contributed by atoms with Gasteiger partial charge in [-0.1, -0.05) is 18.2 Å². The molecule has 5 heteroatoms. The van der Waals surface area contributed by atoms with Gasteiger partial charge in [-0.25, -0.2) is 0 Å². The SMILES string of the molecule is COCc1ccccc1C(=O)N1CCN(C2CCOC2)CC1. The predicted octanol–water partition coefficient (Wildman–Crippen LogP) is 1.38. The van der Waals surface area contributed by atoms with E-state index in [9.17, 15) is 4.79 Å². The Balaban J connectivity index is 1.62. The Morgan fingerprint density at radius 2 is 2.05 bits per heavy atom. The summed E-state index contributed by atoms with van der Waals surface area (Å²) in [6, 6.07) is 8.26. The van der Waals surface area contributed by atoms with Crippen LogP contribution in [-0.4, -0.2) is 68.3 Å². The number of nitrogens with zero attached hydrogens (tertiary/aromatic N) is 2. The molecule has 1 atom stereocenters. The van der Waals surface area contributed by atoms with Gasteiger partial charge in [-0.3, -0.25) is 9.69 Å². The third-order valence-corrected chi connectivity index (χ3v) is 4.57. The largest absolute Gasteiger partial charge is 0.380 e. The molecule has 2 aliphatic rings. The van der Waals surface area contributed by atoms with Crippen molar-refractivity contribution in [2.75, 3.05) is 46.5 Å². The zero-order chi connectivity index (χ0) is 15.4. The molecule has 0 bridgehead atoms. The summed E-state index contributed by atoms with van der Waals surface area (Å²) in [6.07, 6.45) is 1.12. The van der Waals surface area contributed by atoms with E-state index in [4.69, 9.17) is 9.47 Å². The molecule has 0 saturated carbocycles. The standard InChI is InChI=1S/C17H24N2O3/c1-21-12-14-4-2-3-5-16(14)17(20)19-9-7-18(8-10-19)15-6-11-22-13-15/h2-5,15H,6-13H2,1H3. The maximum atomic E-state index is 12.8. The van der Waals surface area contributed by atoms with Crippen molar-refractivity contribution in [2.24, 2.45) is 0 Å². The number of methoxy groups -OCH3 is 1. The third kappa shape index (κ3) is 3.32. The van der Waals surface area contributed by atoms with Gasteiger partial charge in [-0.15, -0.1) is 0 Å². The molecule has 120 valence electrons. The molecule has 0 radical (unpaired) electrons. The van der Waals surface area contributed by atoms with Gasteiger partial charge in [0.25, 0.3) is 5.91 Å². The molecule has 2 saturated heterocycles. The Morgan fingerprint density at radius 3 is 2.73 bits per heavy atom. The van der Waals surface area contributed by atoms with E-state index in [1.54, 1.807) is 7.11 Å². The van der Waals surface area contributed by atoms with Crippen molar-refractivity contribution < 1.29 is 14.3 Å². The van der Waals surface area contributed by atoms with Crippen LogP contribution < -0.4 is 0 Å². The third-order valence-electron chi connectivity index (χ3n) is 4.57. The molecule has 22 heavy (non-hydrogen) atoms. The average molecular weight is 304 g/mol. The summed E-state index contributed by atoms with van der Waals surface area (Å²) in [5, 5.41) is 0. The highest BCUT2D eigenvalue weighted by Gasteiger charge is 2.29. The number of ether oxygens (including phenoxy) is 2. The highest BCUT2D eigenvalue weighted by molar-refractivity contribution is 5.95. The van der Waals surface area contributed by atoms with Gasteiger partial charge in [0.1, 0.15) is 0 Å². The van der Waals surface area contributed by atoms with Crippen molar-refractivity contribution in [1.82, 2.24) is 9.80 Å². The molecular formula is C17H24N2O3. The van der Waals surface area contributed by atoms with Gasteiger partial charge in [0, 0.05) is 51.5 Å². The lowest BCUT2D eigenvalue weighted by molar-refractivity contribution is 0.0545. The monoisotopic (exact) mass is 304 g/mol. The molecule has 0 spiro atoms. The lowest BCUT2D eigenvalue weighted by Gasteiger charge is -2.37. The number of carbonyl (C=O) groups is 1. The fraction of sp³-hybridized carbons (Fsp3) is 0.588. The summed E-state index contributed by atoms with van der Waals surface area (Å²) < 4.78 is 10.7. The van der Waals surface area contributed by atoms with Gasteiger partial charge >= 0.3 is 0 Å². The summed E-state index contributed by atoms with van der Waals surface area (Å²) in [4.78, 5) is 17.2. The molecule has 1 aromatic rings. The Morgan fingerprint density at radius 1 is 1.27 bits per heavy atom. The van der Waals surface area contributed by atoms with E-state index in [0.29, 0.717) is 12.6 Å². The van der Waals surface area contributed by atoms with Crippen LogP contribution in [0.3, 0.4) is 0 Å². The highest BCUT2D eigenvalue weighted by Crippen LogP contribution is 2.18. The van der Waals surface area contributed by atoms with Crippen molar-refractivity contribution in [1.29, 1.82) is 0 Å². The van der Waals surface area contributed by atoms with Crippen molar-refractivity contribution in [3.8, 4) is 0 Å². The average Bonchev–Trinajstić information content (AvgIpc) is 3.10. The number of hydrogen-bond acceptors (Lipinski definition) is 4. The quantitative estimate of drug-likeness (QED) is 0.843. The molecule has 1 amide bonds. The molecule has 2 heterocycles. The van der Waals surface area contributed by atoms with Crippen LogP contribution in [0, 0.1) is 0 Å². The van der Waals surface area contributed by atoms with E-state index in [1.165, 1.54) is 0 Å². The van der Waals surface area contributed by atoms with Crippen molar-refractivity contribution in [3.05, 3.63) is 35.4 Å². The Hall–Kier alpha value is -1.43. The first-order chi connectivity index (χ1) is 10.8.